The van der Waals surface area contributed by atoms with Crippen molar-refractivity contribution in [2.45, 2.75) is 0 Å². The van der Waals surface area contributed by atoms with Gasteiger partial charge in [0.2, 0.25) is 0 Å². The van der Waals surface area contributed by atoms with Crippen LogP contribution in [0.4, 0.5) is 0 Å². The van der Waals surface area contributed by atoms with Crippen molar-refractivity contribution < 1.29 is 41.1 Å². The fraction of sp³-hybridized carbons (Fsp3) is 0. The van der Waals surface area contributed by atoms with Crippen LogP contribution in [0.25, 0.3) is 0 Å². The van der Waals surface area contributed by atoms with Gasteiger partial charge in [0, 0.05) is 0 Å². The Morgan fingerprint density at radius 1 is 1.00 bits per heavy atom. The molecule has 0 amide bonds. The van der Waals surface area contributed by atoms with Gasteiger partial charge >= 0.3 is 84.5 Å². The van der Waals surface area contributed by atoms with E-state index in [0.717, 1.165) is 0 Å². The van der Waals surface area contributed by atoms with Crippen LogP contribution in [-0.4, -0.2) is 48.9 Å². The molecule has 0 aliphatic carbocycles. The minimum absolute atomic E-state index is 0. The van der Waals surface area contributed by atoms with Gasteiger partial charge in [-0.15, -0.1) is 0 Å². The molecule has 1 radical (unpaired) electrons. The Hall–Kier alpha value is 2.64. The monoisotopic (exact) mass is 220 g/mol. The maximum atomic E-state index is 0. The van der Waals surface area contributed by atoms with E-state index in [0.29, 0.717) is 0 Å². The molecule has 4 heavy (non-hydrogen) atoms. The Balaban J connectivity index is 0. The SMILES string of the molecule is [Ba+2].[Co+2].[Li+].[O-2]. The number of hydrogen-bond acceptors (Lipinski definition) is 0. The fourth-order valence-corrected chi connectivity index (χ4v) is 0. The second-order valence-electron chi connectivity index (χ2n) is 0. The van der Waals surface area contributed by atoms with E-state index in [4.69, 9.17) is 0 Å². The van der Waals surface area contributed by atoms with Crippen molar-refractivity contribution in [3.63, 3.8) is 0 Å². The summed E-state index contributed by atoms with van der Waals surface area (Å²) in [5.41, 5.74) is 0. The van der Waals surface area contributed by atoms with Gasteiger partial charge in [-0.1, -0.05) is 0 Å². The summed E-state index contributed by atoms with van der Waals surface area (Å²) in [7, 11) is 0. The molecular formula is BaCoLiO+3. The summed E-state index contributed by atoms with van der Waals surface area (Å²) in [6.45, 7) is 0. The van der Waals surface area contributed by atoms with Crippen molar-refractivity contribution in [3.05, 3.63) is 0 Å². The molecular weight excluding hydrogens is 219 g/mol. The Morgan fingerprint density at radius 2 is 1.00 bits per heavy atom. The van der Waals surface area contributed by atoms with Crippen LogP contribution < -0.4 is 18.9 Å². The molecule has 0 aromatic rings. The first-order chi connectivity index (χ1) is 0. The average molecular weight is 219 g/mol. The maximum absolute atomic E-state index is 0. The molecule has 0 saturated carbocycles. The zero-order valence-corrected chi connectivity index (χ0v) is 7.93. The van der Waals surface area contributed by atoms with Gasteiger partial charge in [0.05, 0.1) is 0 Å². The third-order valence-corrected chi connectivity index (χ3v) is 0. The molecule has 0 heterocycles. The van der Waals surface area contributed by atoms with Crippen LogP contribution in [0.3, 0.4) is 0 Å². The van der Waals surface area contributed by atoms with Gasteiger partial charge in [0.1, 0.15) is 0 Å². The maximum Gasteiger partial charge on any atom is 2.00 e. The predicted molar refractivity (Wildman–Crippen MR) is 6.44 cm³/mol. The van der Waals surface area contributed by atoms with E-state index in [9.17, 15) is 0 Å². The summed E-state index contributed by atoms with van der Waals surface area (Å²) < 4.78 is 0. The molecule has 0 N–H and O–H groups in total. The molecule has 0 atom stereocenters. The number of rotatable bonds is 0. The topological polar surface area (TPSA) is 28.5 Å². The molecule has 0 unspecified atom stereocenters. The molecule has 1 nitrogen and oxygen atoms in total. The summed E-state index contributed by atoms with van der Waals surface area (Å²) in [6.07, 6.45) is 0. The molecule has 0 aromatic carbocycles. The van der Waals surface area contributed by atoms with E-state index >= 15 is 0 Å². The molecule has 0 spiro atoms. The molecule has 0 bridgehead atoms. The Kier molecular flexibility index (Phi) is 132. The van der Waals surface area contributed by atoms with Crippen LogP contribution >= 0.6 is 0 Å². The third-order valence-electron chi connectivity index (χ3n) is 0. The number of hydrogen-bond donors (Lipinski definition) is 0. The van der Waals surface area contributed by atoms with Gasteiger partial charge in [-0.25, -0.2) is 0 Å². The largest absolute Gasteiger partial charge is 2.00 e. The van der Waals surface area contributed by atoms with Crippen LogP contribution in [-0.2, 0) is 22.3 Å². The van der Waals surface area contributed by atoms with E-state index < -0.39 is 0 Å². The third kappa shape index (κ3) is 8.82. The summed E-state index contributed by atoms with van der Waals surface area (Å²) in [5, 5.41) is 0. The fourth-order valence-electron chi connectivity index (χ4n) is 0. The summed E-state index contributed by atoms with van der Waals surface area (Å²) in [6, 6.07) is 0. The van der Waals surface area contributed by atoms with E-state index in [1.165, 1.54) is 0 Å². The van der Waals surface area contributed by atoms with E-state index in [1.54, 1.807) is 0 Å². The van der Waals surface area contributed by atoms with E-state index in [2.05, 4.69) is 0 Å². The molecule has 4 heteroatoms. The molecule has 15 valence electrons. The van der Waals surface area contributed by atoms with Crippen LogP contribution in [0.2, 0.25) is 0 Å². The molecule has 0 rings (SSSR count). The van der Waals surface area contributed by atoms with Crippen molar-refractivity contribution in [1.29, 1.82) is 0 Å². The van der Waals surface area contributed by atoms with Gasteiger partial charge in [-0.3, -0.25) is 0 Å². The standard InChI is InChI=1S/Ba.Co.Li.O/q2*+2;+1;-2. The van der Waals surface area contributed by atoms with Gasteiger partial charge in [-0.05, 0) is 0 Å². The van der Waals surface area contributed by atoms with Crippen LogP contribution in [0, 0.1) is 0 Å². The first-order valence-corrected chi connectivity index (χ1v) is 0. The zero-order valence-electron chi connectivity index (χ0n) is 2.45. The van der Waals surface area contributed by atoms with Crippen molar-refractivity contribution in [3.8, 4) is 0 Å². The van der Waals surface area contributed by atoms with Crippen LogP contribution in [0.1, 0.15) is 0 Å². The summed E-state index contributed by atoms with van der Waals surface area (Å²) in [4.78, 5) is 0. The van der Waals surface area contributed by atoms with Crippen LogP contribution in [0.15, 0.2) is 0 Å². The Morgan fingerprint density at radius 3 is 1.00 bits per heavy atom. The average Bonchev–Trinajstić information content (AvgIpc) is 0. The van der Waals surface area contributed by atoms with Gasteiger partial charge in [0.15, 0.2) is 0 Å². The van der Waals surface area contributed by atoms with Crippen molar-refractivity contribution in [2.24, 2.45) is 0 Å². The second kappa shape index (κ2) is 17.4. The zero-order chi connectivity index (χ0) is 0. The van der Waals surface area contributed by atoms with E-state index in [1.807, 2.05) is 0 Å². The summed E-state index contributed by atoms with van der Waals surface area (Å²) in [5.74, 6) is 0. The smallest absolute Gasteiger partial charge is 2.00 e. The first kappa shape index (κ1) is 30.3. The second-order valence-corrected chi connectivity index (χ2v) is 0. The Labute approximate surface area is 88.0 Å². The molecule has 0 aromatic heterocycles. The van der Waals surface area contributed by atoms with E-state index in [-0.39, 0.29) is 90.0 Å². The van der Waals surface area contributed by atoms with Gasteiger partial charge in [-0.2, -0.15) is 0 Å². The van der Waals surface area contributed by atoms with Crippen molar-refractivity contribution in [1.82, 2.24) is 0 Å². The minimum atomic E-state index is 0. The summed E-state index contributed by atoms with van der Waals surface area (Å²) >= 11 is 0. The predicted octanol–water partition coefficient (Wildman–Crippen LogP) is -3.50. The van der Waals surface area contributed by atoms with Crippen LogP contribution in [0.5, 0.6) is 0 Å². The quantitative estimate of drug-likeness (QED) is 0.378. The molecule has 0 fully saturated rings. The molecule has 0 aliphatic rings. The normalized spacial score (nSPS) is 0. The van der Waals surface area contributed by atoms with Gasteiger partial charge < -0.3 is 5.48 Å². The van der Waals surface area contributed by atoms with Gasteiger partial charge in [0.25, 0.3) is 0 Å². The minimum Gasteiger partial charge on any atom is -2.00 e. The molecule has 0 aliphatic heterocycles. The Bertz CT molecular complexity index is 8.00. The van der Waals surface area contributed by atoms with Crippen molar-refractivity contribution >= 4 is 48.9 Å². The van der Waals surface area contributed by atoms with Crippen molar-refractivity contribution in [2.75, 3.05) is 0 Å². The first-order valence-electron chi connectivity index (χ1n) is 0. The molecule has 0 saturated heterocycles.